The third-order valence-corrected chi connectivity index (χ3v) is 2.09. The van der Waals surface area contributed by atoms with Crippen LogP contribution in [0.2, 0.25) is 0 Å². The molecule has 7 nitrogen and oxygen atoms in total. The van der Waals surface area contributed by atoms with Crippen molar-refractivity contribution >= 4 is 5.69 Å². The summed E-state index contributed by atoms with van der Waals surface area (Å²) in [7, 11) is 3.43. The number of hydrogen-bond acceptors (Lipinski definition) is 6. The fourth-order valence-corrected chi connectivity index (χ4v) is 1.26. The molecule has 0 radical (unpaired) electrons. The molecular weight excluding hydrogens is 238 g/mol. The van der Waals surface area contributed by atoms with Crippen LogP contribution in [0.15, 0.2) is 6.20 Å². The van der Waals surface area contributed by atoms with Crippen molar-refractivity contribution in [3.63, 3.8) is 0 Å². The number of nitrogen functional groups attached to an aromatic ring is 1. The topological polar surface area (TPSA) is 80.8 Å². The maximum atomic E-state index is 5.67. The second-order valence-corrected chi connectivity index (χ2v) is 3.63. The van der Waals surface area contributed by atoms with Crippen molar-refractivity contribution in [1.82, 2.24) is 9.78 Å². The Morgan fingerprint density at radius 3 is 2.28 bits per heavy atom. The first-order valence-electron chi connectivity index (χ1n) is 5.80. The highest BCUT2D eigenvalue weighted by atomic mass is 16.6. The molecule has 1 aromatic heterocycles. The van der Waals surface area contributed by atoms with Gasteiger partial charge >= 0.3 is 0 Å². The third-order valence-electron chi connectivity index (χ3n) is 2.09. The zero-order chi connectivity index (χ0) is 13.2. The van der Waals surface area contributed by atoms with Gasteiger partial charge in [0.1, 0.15) is 12.3 Å². The molecule has 0 fully saturated rings. The Bertz CT molecular complexity index is 330. The minimum absolute atomic E-state index is 0.416. The van der Waals surface area contributed by atoms with E-state index >= 15 is 0 Å². The van der Waals surface area contributed by atoms with Gasteiger partial charge in [0, 0.05) is 14.2 Å². The summed E-state index contributed by atoms with van der Waals surface area (Å²) in [6.45, 7) is 3.16. The van der Waals surface area contributed by atoms with Crippen LogP contribution in [0.3, 0.4) is 0 Å². The molecule has 2 N–H and O–H groups in total. The highest BCUT2D eigenvalue weighted by Gasteiger charge is 2.04. The largest absolute Gasteiger partial charge is 0.473 e. The summed E-state index contributed by atoms with van der Waals surface area (Å²) in [6.07, 6.45) is 1.69. The zero-order valence-electron chi connectivity index (χ0n) is 10.9. The Labute approximate surface area is 107 Å². The summed E-state index contributed by atoms with van der Waals surface area (Å²) in [5.41, 5.74) is 6.20. The Hall–Kier alpha value is -1.31. The zero-order valence-corrected chi connectivity index (χ0v) is 10.9. The fourth-order valence-electron chi connectivity index (χ4n) is 1.26. The van der Waals surface area contributed by atoms with Crippen molar-refractivity contribution in [3.8, 4) is 5.88 Å². The summed E-state index contributed by atoms with van der Waals surface area (Å²) in [5, 5.41) is 4.05. The standard InChI is InChI=1S/C11H21N3O4/c1-14-9-10(12)11(13-14)18-8-7-17-6-5-16-4-3-15-2/h9H,3-8,12H2,1-2H3. The first kappa shape index (κ1) is 14.7. The minimum Gasteiger partial charge on any atom is -0.473 e. The molecule has 0 aliphatic carbocycles. The van der Waals surface area contributed by atoms with Crippen LogP contribution in [0.5, 0.6) is 5.88 Å². The lowest BCUT2D eigenvalue weighted by atomic mass is 10.6. The molecule has 0 aliphatic heterocycles. The summed E-state index contributed by atoms with van der Waals surface area (Å²) in [6, 6.07) is 0. The lowest BCUT2D eigenvalue weighted by Crippen LogP contribution is -2.12. The third kappa shape index (κ3) is 5.85. The van der Waals surface area contributed by atoms with Gasteiger partial charge in [0.05, 0.1) is 39.2 Å². The van der Waals surface area contributed by atoms with E-state index in [0.717, 1.165) is 0 Å². The van der Waals surface area contributed by atoms with Crippen molar-refractivity contribution in [2.45, 2.75) is 0 Å². The van der Waals surface area contributed by atoms with Gasteiger partial charge in [-0.2, -0.15) is 0 Å². The monoisotopic (exact) mass is 259 g/mol. The van der Waals surface area contributed by atoms with Crippen LogP contribution in [0.4, 0.5) is 5.69 Å². The molecule has 1 heterocycles. The molecule has 104 valence electrons. The van der Waals surface area contributed by atoms with E-state index in [1.165, 1.54) is 0 Å². The van der Waals surface area contributed by atoms with Gasteiger partial charge in [-0.1, -0.05) is 0 Å². The molecule has 0 aliphatic rings. The number of nitrogens with two attached hydrogens (primary N) is 1. The molecule has 0 spiro atoms. The fraction of sp³-hybridized carbons (Fsp3) is 0.727. The van der Waals surface area contributed by atoms with Gasteiger partial charge in [-0.05, 0) is 0 Å². The molecule has 1 rings (SSSR count). The number of anilines is 1. The smallest absolute Gasteiger partial charge is 0.256 e. The van der Waals surface area contributed by atoms with Gasteiger partial charge in [-0.25, -0.2) is 0 Å². The maximum Gasteiger partial charge on any atom is 0.256 e. The minimum atomic E-state index is 0.416. The Kier molecular flexibility index (Phi) is 7.16. The van der Waals surface area contributed by atoms with E-state index in [9.17, 15) is 0 Å². The van der Waals surface area contributed by atoms with Gasteiger partial charge in [0.25, 0.3) is 5.88 Å². The average Bonchev–Trinajstić information content (AvgIpc) is 2.66. The first-order valence-corrected chi connectivity index (χ1v) is 5.80. The van der Waals surface area contributed by atoms with Crippen LogP contribution in [0, 0.1) is 0 Å². The number of aromatic nitrogens is 2. The van der Waals surface area contributed by atoms with Crippen LogP contribution in [-0.4, -0.2) is 56.5 Å². The summed E-state index contributed by atoms with van der Waals surface area (Å²) in [5.74, 6) is 0.442. The maximum absolute atomic E-state index is 5.67. The van der Waals surface area contributed by atoms with Crippen LogP contribution < -0.4 is 10.5 Å². The second-order valence-electron chi connectivity index (χ2n) is 3.63. The van der Waals surface area contributed by atoms with Crippen molar-refractivity contribution in [2.24, 2.45) is 7.05 Å². The second kappa shape index (κ2) is 8.73. The van der Waals surface area contributed by atoms with Crippen LogP contribution in [0.1, 0.15) is 0 Å². The Balaban J connectivity index is 1.94. The summed E-state index contributed by atoms with van der Waals surface area (Å²) in [4.78, 5) is 0. The lowest BCUT2D eigenvalue weighted by Gasteiger charge is -2.06. The Morgan fingerprint density at radius 1 is 1.11 bits per heavy atom. The first-order chi connectivity index (χ1) is 8.74. The number of methoxy groups -OCH3 is 1. The molecule has 1 aromatic rings. The molecule has 0 saturated carbocycles. The predicted molar refractivity (Wildman–Crippen MR) is 66.6 cm³/mol. The average molecular weight is 259 g/mol. The number of hydrogen-bond donors (Lipinski definition) is 1. The van der Waals surface area contributed by atoms with Crippen molar-refractivity contribution < 1.29 is 18.9 Å². The lowest BCUT2D eigenvalue weighted by molar-refractivity contribution is 0.0177. The Morgan fingerprint density at radius 2 is 1.72 bits per heavy atom. The number of ether oxygens (including phenoxy) is 4. The molecular formula is C11H21N3O4. The molecule has 0 unspecified atom stereocenters. The predicted octanol–water partition coefficient (Wildman–Crippen LogP) is 0.0607. The van der Waals surface area contributed by atoms with E-state index in [4.69, 9.17) is 24.7 Å². The molecule has 7 heteroatoms. The van der Waals surface area contributed by atoms with E-state index in [1.807, 2.05) is 0 Å². The molecule has 0 saturated heterocycles. The molecule has 18 heavy (non-hydrogen) atoms. The van der Waals surface area contributed by atoms with Gasteiger partial charge in [0.15, 0.2) is 0 Å². The van der Waals surface area contributed by atoms with E-state index in [1.54, 1.807) is 25.0 Å². The van der Waals surface area contributed by atoms with Crippen LogP contribution in [-0.2, 0) is 21.3 Å². The van der Waals surface area contributed by atoms with Gasteiger partial charge < -0.3 is 24.7 Å². The summed E-state index contributed by atoms with van der Waals surface area (Å²) >= 11 is 0. The van der Waals surface area contributed by atoms with Crippen LogP contribution in [0.25, 0.3) is 0 Å². The highest BCUT2D eigenvalue weighted by Crippen LogP contribution is 2.16. The number of rotatable bonds is 10. The summed E-state index contributed by atoms with van der Waals surface area (Å²) < 4.78 is 22.4. The van der Waals surface area contributed by atoms with Gasteiger partial charge in [-0.15, -0.1) is 5.10 Å². The highest BCUT2D eigenvalue weighted by molar-refractivity contribution is 5.45. The van der Waals surface area contributed by atoms with E-state index in [-0.39, 0.29) is 0 Å². The van der Waals surface area contributed by atoms with Crippen molar-refractivity contribution in [3.05, 3.63) is 6.20 Å². The van der Waals surface area contributed by atoms with Crippen LogP contribution >= 0.6 is 0 Å². The SMILES string of the molecule is COCCOCCOCCOc1nn(C)cc1N. The van der Waals surface area contributed by atoms with Gasteiger partial charge in [-0.3, -0.25) is 4.68 Å². The van der Waals surface area contributed by atoms with Crippen molar-refractivity contribution in [2.75, 3.05) is 52.5 Å². The molecule has 0 amide bonds. The van der Waals surface area contributed by atoms with Crippen molar-refractivity contribution in [1.29, 1.82) is 0 Å². The van der Waals surface area contributed by atoms with E-state index < -0.39 is 0 Å². The normalized spacial score (nSPS) is 10.8. The molecule has 0 aromatic carbocycles. The van der Waals surface area contributed by atoms with Gasteiger partial charge in [0.2, 0.25) is 0 Å². The quantitative estimate of drug-likeness (QED) is 0.598. The molecule has 0 bridgehead atoms. The number of aryl methyl sites for hydroxylation is 1. The van der Waals surface area contributed by atoms with E-state index in [0.29, 0.717) is 51.2 Å². The molecule has 0 atom stereocenters. The number of nitrogens with zero attached hydrogens (tertiary/aromatic N) is 2. The van der Waals surface area contributed by atoms with E-state index in [2.05, 4.69) is 5.10 Å².